The van der Waals surface area contributed by atoms with Gasteiger partial charge >= 0.3 is 0 Å². The first-order valence-electron chi connectivity index (χ1n) is 4.51. The van der Waals surface area contributed by atoms with E-state index in [0.717, 1.165) is 0 Å². The third-order valence-corrected chi connectivity index (χ3v) is 2.53. The van der Waals surface area contributed by atoms with Crippen LogP contribution in [-0.4, -0.2) is 16.8 Å². The molecule has 0 aliphatic carbocycles. The van der Waals surface area contributed by atoms with Crippen molar-refractivity contribution >= 4 is 13.5 Å². The van der Waals surface area contributed by atoms with Crippen LogP contribution in [0.1, 0.15) is 20.3 Å². The lowest BCUT2D eigenvalue weighted by atomic mass is 10.0. The van der Waals surface area contributed by atoms with Gasteiger partial charge in [0.1, 0.15) is 0 Å². The van der Waals surface area contributed by atoms with E-state index < -0.39 is 25.0 Å². The number of rotatable bonds is 5. The Labute approximate surface area is 88.7 Å². The van der Waals surface area contributed by atoms with Crippen LogP contribution < -0.4 is 15.9 Å². The van der Waals surface area contributed by atoms with E-state index in [1.165, 1.54) is 0 Å². The summed E-state index contributed by atoms with van der Waals surface area (Å²) in [5, 5.41) is 2.00. The fraction of sp³-hybridized carbons (Fsp3) is 0.625. The molecule has 6 nitrogen and oxygen atoms in total. The molecule has 0 aromatic rings. The molecular weight excluding hydrogens is 219 g/mol. The van der Waals surface area contributed by atoms with E-state index in [2.05, 4.69) is 12.3 Å². The van der Waals surface area contributed by atoms with Crippen LogP contribution >= 0.6 is 7.60 Å². The predicted octanol–water partition coefficient (Wildman–Crippen LogP) is -1.22. The second-order valence-electron chi connectivity index (χ2n) is 3.78. The Kier molecular flexibility index (Phi) is 5.17. The van der Waals surface area contributed by atoms with Crippen molar-refractivity contribution in [2.45, 2.75) is 26.3 Å². The summed E-state index contributed by atoms with van der Waals surface area (Å²) in [6.45, 7) is 6.89. The minimum atomic E-state index is -4.69. The lowest BCUT2D eigenvalue weighted by Gasteiger charge is -2.20. The molecule has 2 atom stereocenters. The summed E-state index contributed by atoms with van der Waals surface area (Å²) in [6.07, 6.45) is 0.535. The van der Waals surface area contributed by atoms with E-state index in [-0.39, 0.29) is 5.92 Å². The van der Waals surface area contributed by atoms with Crippen molar-refractivity contribution in [2.75, 3.05) is 0 Å². The fourth-order valence-electron chi connectivity index (χ4n) is 0.991. The Balaban J connectivity index is 4.26. The predicted molar refractivity (Wildman–Crippen MR) is 53.2 cm³/mol. The molecule has 0 bridgehead atoms. The van der Waals surface area contributed by atoms with E-state index in [1.807, 2.05) is 19.2 Å². The summed E-state index contributed by atoms with van der Waals surface area (Å²) in [5.41, 5.74) is 2.90. The van der Waals surface area contributed by atoms with E-state index in [1.54, 1.807) is 0 Å². The fourth-order valence-corrected chi connectivity index (χ4v) is 1.24. The van der Waals surface area contributed by atoms with Gasteiger partial charge in [0.25, 0.3) is 5.91 Å². The third-order valence-electron chi connectivity index (χ3n) is 1.74. The Hall–Kier alpha value is -0.680. The Morgan fingerprint density at radius 1 is 1.67 bits per heavy atom. The molecular formula is C8H17N2O4P. The van der Waals surface area contributed by atoms with E-state index >= 15 is 0 Å². The molecule has 7 heteroatoms. The smallest absolute Gasteiger partial charge is 0.282 e. The summed E-state index contributed by atoms with van der Waals surface area (Å²) < 4.78 is 10.6. The van der Waals surface area contributed by atoms with Gasteiger partial charge in [-0.2, -0.15) is 0 Å². The summed E-state index contributed by atoms with van der Waals surface area (Å²) in [6, 6.07) is -0.562. The molecule has 0 rings (SSSR count). The van der Waals surface area contributed by atoms with Crippen molar-refractivity contribution in [1.29, 1.82) is 0 Å². The molecule has 0 spiro atoms. The molecule has 0 heterocycles. The van der Waals surface area contributed by atoms with Crippen molar-refractivity contribution in [2.24, 2.45) is 5.92 Å². The molecule has 0 radical (unpaired) electrons. The SMILES string of the molecule is C=C(NC(=O)[C@@H]([NH3+])CC(C)C)P(=O)([O-])O. The quantitative estimate of drug-likeness (QED) is 0.518. The lowest BCUT2D eigenvalue weighted by Crippen LogP contribution is -2.67. The van der Waals surface area contributed by atoms with Crippen LogP contribution in [0.25, 0.3) is 0 Å². The van der Waals surface area contributed by atoms with Crippen molar-refractivity contribution in [3.8, 4) is 0 Å². The number of carbonyl (C=O) groups is 1. The molecule has 0 saturated heterocycles. The van der Waals surface area contributed by atoms with Crippen LogP contribution in [0.5, 0.6) is 0 Å². The lowest BCUT2D eigenvalue weighted by molar-refractivity contribution is -0.406. The highest BCUT2D eigenvalue weighted by Crippen LogP contribution is 2.36. The molecule has 0 aliphatic heterocycles. The van der Waals surface area contributed by atoms with Gasteiger partial charge in [0.15, 0.2) is 13.6 Å². The van der Waals surface area contributed by atoms with E-state index in [9.17, 15) is 14.3 Å². The highest BCUT2D eigenvalue weighted by atomic mass is 31.2. The van der Waals surface area contributed by atoms with Crippen LogP contribution in [0.2, 0.25) is 0 Å². The van der Waals surface area contributed by atoms with Gasteiger partial charge in [-0.3, -0.25) is 4.79 Å². The number of quaternary nitrogens is 1. The first-order valence-corrected chi connectivity index (χ1v) is 6.09. The van der Waals surface area contributed by atoms with Crippen LogP contribution in [-0.2, 0) is 9.36 Å². The minimum Gasteiger partial charge on any atom is -0.774 e. The van der Waals surface area contributed by atoms with Gasteiger partial charge in [0.2, 0.25) is 0 Å². The van der Waals surface area contributed by atoms with Gasteiger partial charge in [0.05, 0.1) is 5.44 Å². The summed E-state index contributed by atoms with van der Waals surface area (Å²) in [7, 11) is -4.69. The number of nitrogens with one attached hydrogen (secondary N) is 1. The number of amides is 1. The van der Waals surface area contributed by atoms with Crippen LogP contribution in [0.15, 0.2) is 12.0 Å². The second-order valence-corrected chi connectivity index (χ2v) is 5.36. The standard InChI is InChI=1S/C8H17N2O4P/c1-5(2)4-7(9)8(11)10-6(3)15(12,13)14/h5,7H,3-4,9H2,1-2H3,(H,10,11)(H2,12,13,14)/t7-/m0/s1. The average molecular weight is 236 g/mol. The van der Waals surface area contributed by atoms with E-state index in [4.69, 9.17) is 4.89 Å². The first kappa shape index (κ1) is 14.3. The Bertz CT molecular complexity index is 297. The summed E-state index contributed by atoms with van der Waals surface area (Å²) in [5.74, 6) is -0.279. The molecule has 88 valence electrons. The topological polar surface area (TPSA) is 117 Å². The summed E-state index contributed by atoms with van der Waals surface area (Å²) in [4.78, 5) is 30.5. The van der Waals surface area contributed by atoms with Crippen molar-refractivity contribution in [3.63, 3.8) is 0 Å². The van der Waals surface area contributed by atoms with Gasteiger partial charge < -0.3 is 25.4 Å². The molecule has 5 N–H and O–H groups in total. The van der Waals surface area contributed by atoms with Crippen LogP contribution in [0, 0.1) is 5.92 Å². The van der Waals surface area contributed by atoms with Gasteiger partial charge in [-0.15, -0.1) is 0 Å². The molecule has 0 saturated carbocycles. The number of hydrogen-bond acceptors (Lipinski definition) is 3. The zero-order valence-electron chi connectivity index (χ0n) is 8.90. The Morgan fingerprint density at radius 2 is 2.13 bits per heavy atom. The molecule has 1 amide bonds. The zero-order chi connectivity index (χ0) is 12.2. The molecule has 0 aliphatic rings. The molecule has 0 aromatic heterocycles. The van der Waals surface area contributed by atoms with E-state index in [0.29, 0.717) is 6.42 Å². The van der Waals surface area contributed by atoms with Gasteiger partial charge in [-0.1, -0.05) is 20.4 Å². The first-order chi connectivity index (χ1) is 6.64. The van der Waals surface area contributed by atoms with Crippen molar-refractivity contribution in [3.05, 3.63) is 12.0 Å². The van der Waals surface area contributed by atoms with Crippen LogP contribution in [0.4, 0.5) is 0 Å². The zero-order valence-corrected chi connectivity index (χ0v) is 9.79. The highest BCUT2D eigenvalue weighted by Gasteiger charge is 2.21. The van der Waals surface area contributed by atoms with Gasteiger partial charge in [-0.25, -0.2) is 0 Å². The number of hydrogen-bond donors (Lipinski definition) is 3. The molecule has 0 aromatic carbocycles. The monoisotopic (exact) mass is 236 g/mol. The maximum atomic E-state index is 11.3. The van der Waals surface area contributed by atoms with Gasteiger partial charge in [-0.05, 0) is 5.92 Å². The molecule has 1 unspecified atom stereocenters. The third kappa shape index (κ3) is 5.69. The van der Waals surface area contributed by atoms with Gasteiger partial charge in [0, 0.05) is 6.42 Å². The maximum absolute atomic E-state index is 11.3. The molecule has 15 heavy (non-hydrogen) atoms. The number of carbonyl (C=O) groups excluding carboxylic acids is 1. The largest absolute Gasteiger partial charge is 0.774 e. The highest BCUT2D eigenvalue weighted by molar-refractivity contribution is 7.54. The molecule has 0 fully saturated rings. The minimum absolute atomic E-state index is 0.277. The summed E-state index contributed by atoms with van der Waals surface area (Å²) >= 11 is 0. The second kappa shape index (κ2) is 5.42. The normalized spacial score (nSPS) is 16.9. The maximum Gasteiger partial charge on any atom is 0.282 e. The Morgan fingerprint density at radius 3 is 2.47 bits per heavy atom. The average Bonchev–Trinajstić information content (AvgIpc) is 2.00. The van der Waals surface area contributed by atoms with Crippen LogP contribution in [0.3, 0.4) is 0 Å². The van der Waals surface area contributed by atoms with Crippen molar-refractivity contribution in [1.82, 2.24) is 5.32 Å². The van der Waals surface area contributed by atoms with Crippen molar-refractivity contribution < 1.29 is 24.9 Å².